The molecule has 1 aromatic carbocycles. The van der Waals surface area contributed by atoms with Crippen molar-refractivity contribution in [3.8, 4) is 0 Å². The molecule has 0 radical (unpaired) electrons. The summed E-state index contributed by atoms with van der Waals surface area (Å²) in [4.78, 5) is 2.69. The first-order valence-electron chi connectivity index (χ1n) is 15.1. The summed E-state index contributed by atoms with van der Waals surface area (Å²) in [6.07, 6.45) is 13.0. The van der Waals surface area contributed by atoms with Crippen LogP contribution in [0.2, 0.25) is 0 Å². The van der Waals surface area contributed by atoms with Gasteiger partial charge >= 0.3 is 0 Å². The van der Waals surface area contributed by atoms with E-state index < -0.39 is 0 Å². The van der Waals surface area contributed by atoms with Crippen molar-refractivity contribution >= 4 is 0 Å². The largest absolute Gasteiger partial charge is 0.323 e. The van der Waals surface area contributed by atoms with Gasteiger partial charge in [0.15, 0.2) is 0 Å². The fraction of sp³-hybridized carbons (Fsp3) is 0.806. The minimum atomic E-state index is -0.124. The normalized spacial score (nSPS) is 19.3. The number of quaternary nitrogens is 1. The lowest BCUT2D eigenvalue weighted by Crippen LogP contribution is -2.54. The highest BCUT2D eigenvalue weighted by Crippen LogP contribution is 2.33. The molecule has 4 heteroatoms. The average Bonchev–Trinajstić information content (AvgIpc) is 2.88. The Hall–Kier alpha value is -0.970. The van der Waals surface area contributed by atoms with Gasteiger partial charge in [0.2, 0.25) is 0 Å². The van der Waals surface area contributed by atoms with Crippen molar-refractivity contribution in [3.63, 3.8) is 0 Å². The predicted octanol–water partition coefficient (Wildman–Crippen LogP) is 7.23. The first-order chi connectivity index (χ1) is 17.1. The van der Waals surface area contributed by atoms with Gasteiger partial charge in [0.25, 0.3) is 0 Å². The molecule has 0 saturated carbocycles. The second-order valence-corrected chi connectivity index (χ2v) is 11.2. The average molecular weight is 491 g/mol. The molecule has 1 aliphatic heterocycles. The van der Waals surface area contributed by atoms with E-state index in [1.807, 2.05) is 12.1 Å². The Morgan fingerprint density at radius 2 is 1.43 bits per heavy atom. The van der Waals surface area contributed by atoms with Crippen LogP contribution in [0.15, 0.2) is 24.3 Å². The SMILES string of the molecule is CCCCCN1CC[C@H](c2ccc(F)cc2)[C@@H](CNCC[N+](CCCC)(CCCC)CCCC)C1. The van der Waals surface area contributed by atoms with Crippen LogP contribution in [0.3, 0.4) is 0 Å². The molecular weight excluding hydrogens is 433 g/mol. The van der Waals surface area contributed by atoms with E-state index in [9.17, 15) is 4.39 Å². The van der Waals surface area contributed by atoms with E-state index in [1.54, 1.807) is 12.1 Å². The number of rotatable bonds is 19. The molecule has 0 unspecified atom stereocenters. The highest BCUT2D eigenvalue weighted by Gasteiger charge is 2.31. The molecule has 0 amide bonds. The smallest absolute Gasteiger partial charge is 0.123 e. The molecule has 1 aromatic rings. The summed E-state index contributed by atoms with van der Waals surface area (Å²) >= 11 is 0. The summed E-state index contributed by atoms with van der Waals surface area (Å²) in [5.41, 5.74) is 1.32. The maximum Gasteiger partial charge on any atom is 0.123 e. The van der Waals surface area contributed by atoms with Crippen molar-refractivity contribution < 1.29 is 8.87 Å². The van der Waals surface area contributed by atoms with E-state index in [4.69, 9.17) is 0 Å². The summed E-state index contributed by atoms with van der Waals surface area (Å²) in [5.74, 6) is 1.01. The van der Waals surface area contributed by atoms with Crippen LogP contribution in [0.5, 0.6) is 0 Å². The Morgan fingerprint density at radius 3 is 2.00 bits per heavy atom. The Balaban J connectivity index is 2.00. The van der Waals surface area contributed by atoms with Gasteiger partial charge in [0, 0.05) is 13.1 Å². The first-order valence-corrected chi connectivity index (χ1v) is 15.1. The molecule has 1 heterocycles. The molecule has 0 spiro atoms. The zero-order chi connectivity index (χ0) is 25.4. The Labute approximate surface area is 217 Å². The number of hydrogen-bond acceptors (Lipinski definition) is 2. The quantitative estimate of drug-likeness (QED) is 0.163. The number of nitrogens with zero attached hydrogens (tertiary/aromatic N) is 2. The molecule has 1 N–H and O–H groups in total. The van der Waals surface area contributed by atoms with E-state index in [2.05, 4.69) is 37.9 Å². The van der Waals surface area contributed by atoms with E-state index in [-0.39, 0.29) is 5.82 Å². The highest BCUT2D eigenvalue weighted by molar-refractivity contribution is 5.22. The summed E-state index contributed by atoms with van der Waals surface area (Å²) in [6.45, 7) is 20.3. The number of unbranched alkanes of at least 4 members (excludes halogenated alkanes) is 5. The van der Waals surface area contributed by atoms with Crippen molar-refractivity contribution in [1.82, 2.24) is 10.2 Å². The summed E-state index contributed by atoms with van der Waals surface area (Å²) < 4.78 is 14.9. The lowest BCUT2D eigenvalue weighted by atomic mass is 9.80. The maximum absolute atomic E-state index is 13.6. The fourth-order valence-corrected chi connectivity index (χ4v) is 6.01. The van der Waals surface area contributed by atoms with Crippen LogP contribution < -0.4 is 5.32 Å². The molecule has 3 nitrogen and oxygen atoms in total. The standard InChI is InChI=1S/C31H57FN3/c1-5-9-13-20-34-21-18-31(28-14-16-30(32)17-15-28)29(27-34)26-33-19-25-35(22-10-6-2,23-11-7-3)24-12-8-4/h14-17,29,31,33H,5-13,18-27H2,1-4H3/q+1/t29-,31+/m0/s1. The van der Waals surface area contributed by atoms with E-state index in [0.717, 1.165) is 13.1 Å². The molecule has 1 saturated heterocycles. The second-order valence-electron chi connectivity index (χ2n) is 11.2. The highest BCUT2D eigenvalue weighted by atomic mass is 19.1. The third-order valence-electron chi connectivity index (χ3n) is 8.32. The van der Waals surface area contributed by atoms with E-state index in [1.165, 1.54) is 120 Å². The van der Waals surface area contributed by atoms with Crippen molar-refractivity contribution in [2.45, 2.75) is 97.8 Å². The Morgan fingerprint density at radius 1 is 0.829 bits per heavy atom. The van der Waals surface area contributed by atoms with Crippen LogP contribution in [0, 0.1) is 11.7 Å². The van der Waals surface area contributed by atoms with Gasteiger partial charge in [-0.15, -0.1) is 0 Å². The lowest BCUT2D eigenvalue weighted by Gasteiger charge is -2.41. The summed E-state index contributed by atoms with van der Waals surface area (Å²) in [6, 6.07) is 7.35. The van der Waals surface area contributed by atoms with E-state index in [0.29, 0.717) is 11.8 Å². The number of nitrogens with one attached hydrogen (secondary N) is 1. The number of benzene rings is 1. The molecule has 1 fully saturated rings. The van der Waals surface area contributed by atoms with Gasteiger partial charge in [0.1, 0.15) is 5.82 Å². The van der Waals surface area contributed by atoms with Gasteiger partial charge in [-0.3, -0.25) is 0 Å². The second kappa shape index (κ2) is 17.5. The molecule has 202 valence electrons. The molecular formula is C31H57FN3+. The van der Waals surface area contributed by atoms with Gasteiger partial charge in [-0.05, 0) is 81.3 Å². The van der Waals surface area contributed by atoms with Crippen LogP contribution in [-0.4, -0.2) is 68.3 Å². The molecule has 2 rings (SSSR count). The number of hydrogen-bond donors (Lipinski definition) is 1. The van der Waals surface area contributed by atoms with Gasteiger partial charge in [-0.1, -0.05) is 71.9 Å². The fourth-order valence-electron chi connectivity index (χ4n) is 6.01. The van der Waals surface area contributed by atoms with Crippen molar-refractivity contribution in [2.75, 3.05) is 58.9 Å². The van der Waals surface area contributed by atoms with Crippen molar-refractivity contribution in [3.05, 3.63) is 35.6 Å². The zero-order valence-corrected chi connectivity index (χ0v) is 23.7. The molecule has 0 aromatic heterocycles. The number of piperidine rings is 1. The first kappa shape index (κ1) is 30.3. The third kappa shape index (κ3) is 10.9. The van der Waals surface area contributed by atoms with Crippen LogP contribution >= 0.6 is 0 Å². The summed E-state index contributed by atoms with van der Waals surface area (Å²) in [5, 5.41) is 3.92. The van der Waals surface area contributed by atoms with Gasteiger partial charge < -0.3 is 14.7 Å². The number of halogens is 1. The van der Waals surface area contributed by atoms with Gasteiger partial charge in [-0.2, -0.15) is 0 Å². The topological polar surface area (TPSA) is 15.3 Å². The van der Waals surface area contributed by atoms with Crippen molar-refractivity contribution in [1.29, 1.82) is 0 Å². The van der Waals surface area contributed by atoms with Crippen LogP contribution in [-0.2, 0) is 0 Å². The minimum absolute atomic E-state index is 0.124. The van der Waals surface area contributed by atoms with Gasteiger partial charge in [0.05, 0.1) is 26.2 Å². The molecule has 0 bridgehead atoms. The third-order valence-corrected chi connectivity index (χ3v) is 8.32. The Bertz CT molecular complexity index is 625. The zero-order valence-electron chi connectivity index (χ0n) is 23.7. The lowest BCUT2D eigenvalue weighted by molar-refractivity contribution is -0.927. The molecule has 2 atom stereocenters. The number of likely N-dealkylation sites (tertiary alicyclic amines) is 1. The monoisotopic (exact) mass is 490 g/mol. The van der Waals surface area contributed by atoms with E-state index >= 15 is 0 Å². The van der Waals surface area contributed by atoms with Crippen molar-refractivity contribution in [2.24, 2.45) is 5.92 Å². The maximum atomic E-state index is 13.6. The molecule has 1 aliphatic rings. The molecule has 0 aliphatic carbocycles. The van der Waals surface area contributed by atoms with Crippen LogP contribution in [0.4, 0.5) is 4.39 Å². The predicted molar refractivity (Wildman–Crippen MR) is 151 cm³/mol. The minimum Gasteiger partial charge on any atom is -0.323 e. The van der Waals surface area contributed by atoms with Crippen LogP contribution in [0.1, 0.15) is 103 Å². The van der Waals surface area contributed by atoms with Gasteiger partial charge in [-0.25, -0.2) is 4.39 Å². The molecule has 35 heavy (non-hydrogen) atoms. The van der Waals surface area contributed by atoms with Crippen LogP contribution in [0.25, 0.3) is 0 Å². The summed E-state index contributed by atoms with van der Waals surface area (Å²) in [7, 11) is 0. The Kier molecular flexibility index (Phi) is 15.1.